The van der Waals surface area contributed by atoms with Gasteiger partial charge in [-0.3, -0.25) is 0 Å². The Morgan fingerprint density at radius 1 is 1.62 bits per heavy atom. The first kappa shape index (κ1) is 11.3. The lowest BCUT2D eigenvalue weighted by Crippen LogP contribution is -2.32. The van der Waals surface area contributed by atoms with Crippen LogP contribution in [0.3, 0.4) is 0 Å². The second-order valence-corrected chi connectivity index (χ2v) is 5.15. The topological polar surface area (TPSA) is 92.0 Å². The number of aromatic amines is 1. The number of nitrogens with one attached hydrogen (secondary N) is 1. The number of aliphatic hydroxyl groups is 1. The average molecular weight is 223 g/mol. The summed E-state index contributed by atoms with van der Waals surface area (Å²) in [7, 11) is 0. The largest absolute Gasteiger partial charge is 0.388 e. The molecule has 1 aliphatic carbocycles. The molecule has 0 aromatic carbocycles. The van der Waals surface area contributed by atoms with E-state index in [2.05, 4.69) is 23.8 Å². The molecule has 5 nitrogen and oxygen atoms in total. The van der Waals surface area contributed by atoms with Gasteiger partial charge in [-0.2, -0.15) is 4.98 Å². The van der Waals surface area contributed by atoms with Crippen molar-refractivity contribution < 1.29 is 5.11 Å². The molecule has 0 saturated carbocycles. The van der Waals surface area contributed by atoms with E-state index in [0.717, 1.165) is 17.7 Å². The molecule has 1 atom stereocenters. The van der Waals surface area contributed by atoms with E-state index in [1.54, 1.807) is 0 Å². The Labute approximate surface area is 93.7 Å². The molecule has 1 unspecified atom stereocenters. The fraction of sp³-hybridized carbons (Fsp3) is 0.636. The Balaban J connectivity index is 2.60. The zero-order valence-electron chi connectivity index (χ0n) is 9.58. The number of aromatic nitrogens is 2. The first-order valence-electron chi connectivity index (χ1n) is 5.43. The molecule has 0 aliphatic heterocycles. The minimum Gasteiger partial charge on any atom is -0.388 e. The molecule has 1 heterocycles. The lowest BCUT2D eigenvalue weighted by molar-refractivity contribution is 0.0965. The highest BCUT2D eigenvalue weighted by atomic mass is 16.3. The van der Waals surface area contributed by atoms with E-state index >= 15 is 0 Å². The second-order valence-electron chi connectivity index (χ2n) is 5.15. The van der Waals surface area contributed by atoms with Gasteiger partial charge in [-0.25, -0.2) is 4.79 Å². The molecule has 1 aromatic heterocycles. The van der Waals surface area contributed by atoms with Crippen LogP contribution in [0.15, 0.2) is 4.79 Å². The number of hydrogen-bond acceptors (Lipinski definition) is 4. The molecule has 16 heavy (non-hydrogen) atoms. The summed E-state index contributed by atoms with van der Waals surface area (Å²) < 4.78 is 0. The number of nitrogens with zero attached hydrogens (tertiary/aromatic N) is 1. The fourth-order valence-electron chi connectivity index (χ4n) is 2.45. The quantitative estimate of drug-likeness (QED) is 0.635. The Morgan fingerprint density at radius 3 is 2.94 bits per heavy atom. The van der Waals surface area contributed by atoms with Crippen LogP contribution in [0.1, 0.15) is 43.3 Å². The molecule has 0 bridgehead atoms. The van der Waals surface area contributed by atoms with Gasteiger partial charge >= 0.3 is 5.69 Å². The number of H-pyrrole nitrogens is 1. The molecule has 0 radical (unpaired) electrons. The smallest absolute Gasteiger partial charge is 0.345 e. The SMILES string of the molecule is CC1(C)Cc2[nH]c(=O)nc(CN)c2C(O)C1. The second kappa shape index (κ2) is 3.68. The van der Waals surface area contributed by atoms with E-state index in [4.69, 9.17) is 5.73 Å². The normalized spacial score (nSPS) is 22.9. The van der Waals surface area contributed by atoms with Crippen LogP contribution in [0.25, 0.3) is 0 Å². The molecule has 4 N–H and O–H groups in total. The first-order chi connectivity index (χ1) is 7.43. The Kier molecular flexibility index (Phi) is 2.59. The van der Waals surface area contributed by atoms with Crippen molar-refractivity contribution in [2.24, 2.45) is 11.1 Å². The number of rotatable bonds is 1. The van der Waals surface area contributed by atoms with Gasteiger partial charge in [0.05, 0.1) is 11.8 Å². The molecule has 5 heteroatoms. The van der Waals surface area contributed by atoms with Gasteiger partial charge in [0.15, 0.2) is 0 Å². The standard InChI is InChI=1S/C11H17N3O2/c1-11(2)3-6-9(8(15)4-11)7(5-12)14-10(16)13-6/h8,15H,3-5,12H2,1-2H3,(H,13,14,16). The van der Waals surface area contributed by atoms with Crippen molar-refractivity contribution in [2.75, 3.05) is 0 Å². The highest BCUT2D eigenvalue weighted by Gasteiger charge is 2.33. The van der Waals surface area contributed by atoms with Gasteiger partial charge < -0.3 is 15.8 Å². The zero-order chi connectivity index (χ0) is 11.9. The van der Waals surface area contributed by atoms with E-state index in [0.29, 0.717) is 12.1 Å². The van der Waals surface area contributed by atoms with E-state index in [1.165, 1.54) is 0 Å². The van der Waals surface area contributed by atoms with Crippen molar-refractivity contribution >= 4 is 0 Å². The van der Waals surface area contributed by atoms with Crippen LogP contribution < -0.4 is 11.4 Å². The van der Waals surface area contributed by atoms with Crippen molar-refractivity contribution in [2.45, 2.75) is 39.3 Å². The van der Waals surface area contributed by atoms with E-state index < -0.39 is 6.10 Å². The van der Waals surface area contributed by atoms with E-state index in [-0.39, 0.29) is 17.6 Å². The van der Waals surface area contributed by atoms with Gasteiger partial charge in [0, 0.05) is 17.8 Å². The van der Waals surface area contributed by atoms with Gasteiger partial charge in [-0.05, 0) is 18.3 Å². The van der Waals surface area contributed by atoms with Crippen LogP contribution in [-0.4, -0.2) is 15.1 Å². The maximum atomic E-state index is 11.3. The summed E-state index contributed by atoms with van der Waals surface area (Å²) in [4.78, 5) is 17.8. The summed E-state index contributed by atoms with van der Waals surface area (Å²) in [5.41, 5.74) is 7.17. The summed E-state index contributed by atoms with van der Waals surface area (Å²) >= 11 is 0. The third-order valence-corrected chi connectivity index (χ3v) is 3.06. The van der Waals surface area contributed by atoms with Crippen LogP contribution >= 0.6 is 0 Å². The highest BCUT2D eigenvalue weighted by molar-refractivity contribution is 5.30. The lowest BCUT2D eigenvalue weighted by Gasteiger charge is -2.34. The fourth-order valence-corrected chi connectivity index (χ4v) is 2.45. The first-order valence-corrected chi connectivity index (χ1v) is 5.43. The molecule has 88 valence electrons. The van der Waals surface area contributed by atoms with Gasteiger partial charge in [0.2, 0.25) is 0 Å². The maximum absolute atomic E-state index is 11.3. The molecule has 1 aromatic rings. The minimum atomic E-state index is -0.582. The van der Waals surface area contributed by atoms with Crippen LogP contribution in [-0.2, 0) is 13.0 Å². The predicted molar refractivity (Wildman–Crippen MR) is 59.8 cm³/mol. The van der Waals surface area contributed by atoms with Crippen LogP contribution in [0.4, 0.5) is 0 Å². The summed E-state index contributed by atoms with van der Waals surface area (Å²) in [5, 5.41) is 10.1. The minimum absolute atomic E-state index is 0.0113. The molecule has 0 amide bonds. The van der Waals surface area contributed by atoms with E-state index in [9.17, 15) is 9.90 Å². The summed E-state index contributed by atoms with van der Waals surface area (Å²) in [6.07, 6.45) is 0.826. The van der Waals surface area contributed by atoms with Crippen molar-refractivity contribution in [3.8, 4) is 0 Å². The van der Waals surface area contributed by atoms with Gasteiger partial charge in [0.25, 0.3) is 0 Å². The Hall–Kier alpha value is -1.20. The number of nitrogens with two attached hydrogens (primary N) is 1. The molecule has 1 aliphatic rings. The predicted octanol–water partition coefficient (Wildman–Crippen LogP) is 0.234. The van der Waals surface area contributed by atoms with Crippen molar-refractivity contribution in [1.29, 1.82) is 0 Å². The summed E-state index contributed by atoms with van der Waals surface area (Å²) in [6.45, 7) is 4.32. The molecule has 0 fully saturated rings. The average Bonchev–Trinajstić information content (AvgIpc) is 2.13. The van der Waals surface area contributed by atoms with Gasteiger partial charge in [-0.15, -0.1) is 0 Å². The third-order valence-electron chi connectivity index (χ3n) is 3.06. The van der Waals surface area contributed by atoms with Crippen molar-refractivity contribution in [3.05, 3.63) is 27.4 Å². The summed E-state index contributed by atoms with van der Waals surface area (Å²) in [5.74, 6) is 0. The molecule has 2 rings (SSSR count). The molecule has 0 spiro atoms. The van der Waals surface area contributed by atoms with Crippen LogP contribution in [0.5, 0.6) is 0 Å². The van der Waals surface area contributed by atoms with Gasteiger partial charge in [-0.1, -0.05) is 13.8 Å². The zero-order valence-corrected chi connectivity index (χ0v) is 9.58. The molecule has 0 saturated heterocycles. The Bertz CT molecular complexity index is 465. The van der Waals surface area contributed by atoms with Crippen LogP contribution in [0.2, 0.25) is 0 Å². The summed E-state index contributed by atoms with van der Waals surface area (Å²) in [6, 6.07) is 0. The highest BCUT2D eigenvalue weighted by Crippen LogP contribution is 2.40. The maximum Gasteiger partial charge on any atom is 0.345 e. The number of hydrogen-bond donors (Lipinski definition) is 3. The van der Waals surface area contributed by atoms with Crippen molar-refractivity contribution in [3.63, 3.8) is 0 Å². The Morgan fingerprint density at radius 2 is 2.31 bits per heavy atom. The molecular formula is C11H17N3O2. The molecular weight excluding hydrogens is 206 g/mol. The van der Waals surface area contributed by atoms with Crippen LogP contribution in [0, 0.1) is 5.41 Å². The monoisotopic (exact) mass is 223 g/mol. The number of aliphatic hydroxyl groups excluding tert-OH is 1. The number of fused-ring (bicyclic) bond motifs is 1. The van der Waals surface area contributed by atoms with Crippen molar-refractivity contribution in [1.82, 2.24) is 9.97 Å². The third kappa shape index (κ3) is 1.88. The van der Waals surface area contributed by atoms with E-state index in [1.807, 2.05) is 0 Å². The van der Waals surface area contributed by atoms with Gasteiger partial charge in [0.1, 0.15) is 0 Å². The lowest BCUT2D eigenvalue weighted by atomic mass is 9.74.